The van der Waals surface area contributed by atoms with Crippen molar-refractivity contribution in [1.29, 1.82) is 0 Å². The van der Waals surface area contributed by atoms with Crippen LogP contribution in [0.15, 0.2) is 59.5 Å². The van der Waals surface area contributed by atoms with Gasteiger partial charge in [0.05, 0.1) is 22.6 Å². The van der Waals surface area contributed by atoms with Crippen molar-refractivity contribution < 1.29 is 27.7 Å². The highest BCUT2D eigenvalue weighted by molar-refractivity contribution is 7.92. The number of sulfonamides is 1. The highest BCUT2D eigenvalue weighted by atomic mass is 35.5. The van der Waals surface area contributed by atoms with Gasteiger partial charge in [-0.2, -0.15) is 0 Å². The minimum Gasteiger partial charge on any atom is -0.495 e. The Labute approximate surface area is 270 Å². The first-order valence-corrected chi connectivity index (χ1v) is 15.8. The van der Waals surface area contributed by atoms with E-state index in [2.05, 4.69) is 5.32 Å². The van der Waals surface area contributed by atoms with Gasteiger partial charge in [-0.1, -0.05) is 46.9 Å². The summed E-state index contributed by atoms with van der Waals surface area (Å²) in [6.45, 7) is 5.38. The zero-order valence-electron chi connectivity index (χ0n) is 24.5. The smallest absolute Gasteiger partial charge is 0.273 e. The molecule has 3 aromatic carbocycles. The van der Waals surface area contributed by atoms with E-state index in [1.807, 2.05) is 0 Å². The molecule has 0 heterocycles. The molecule has 0 aliphatic carbocycles. The zero-order valence-corrected chi connectivity index (χ0v) is 27.6. The predicted octanol–water partition coefficient (Wildman–Crippen LogP) is 6.01. The number of nitrogens with one attached hydrogen (secondary N) is 1. The molecular formula is C29H31Cl3N4O7S. The second-order valence-electron chi connectivity index (χ2n) is 10.1. The third kappa shape index (κ3) is 7.92. The summed E-state index contributed by atoms with van der Waals surface area (Å²) in [5.74, 6) is -1.25. The quantitative estimate of drug-likeness (QED) is 0.182. The van der Waals surface area contributed by atoms with Crippen LogP contribution in [-0.2, 0) is 26.2 Å². The van der Waals surface area contributed by atoms with Crippen LogP contribution in [0.4, 0.5) is 11.4 Å². The number of carbonyl (C=O) groups is 2. The van der Waals surface area contributed by atoms with Gasteiger partial charge in [-0.25, -0.2) is 8.42 Å². The van der Waals surface area contributed by atoms with Gasteiger partial charge in [0.2, 0.25) is 11.8 Å². The van der Waals surface area contributed by atoms with Crippen LogP contribution < -0.4 is 14.4 Å². The molecule has 15 heteroatoms. The Morgan fingerprint density at radius 1 is 1.02 bits per heavy atom. The van der Waals surface area contributed by atoms with Crippen molar-refractivity contribution in [1.82, 2.24) is 10.2 Å². The van der Waals surface area contributed by atoms with Gasteiger partial charge in [0.15, 0.2) is 0 Å². The number of ether oxygens (including phenoxy) is 1. The van der Waals surface area contributed by atoms with Crippen LogP contribution in [0.5, 0.6) is 5.75 Å². The van der Waals surface area contributed by atoms with Crippen molar-refractivity contribution in [3.8, 4) is 5.75 Å². The molecule has 0 saturated heterocycles. The average molecular weight is 686 g/mol. The van der Waals surface area contributed by atoms with Crippen molar-refractivity contribution in [2.75, 3.05) is 18.0 Å². The second-order valence-corrected chi connectivity index (χ2v) is 13.2. The Morgan fingerprint density at radius 2 is 1.66 bits per heavy atom. The first kappa shape index (κ1) is 34.9. The number of amides is 2. The molecule has 0 bridgehead atoms. The van der Waals surface area contributed by atoms with E-state index in [0.717, 1.165) is 15.3 Å². The SMILES string of the molecule is COc1ccc(Cl)cc1N(CC(=O)N(Cc1c(Cl)cccc1Cl)C(C)C(=O)NC(C)C)S(=O)(=O)c1ccc(C)c([N+](=O)[O-])c1. The van der Waals surface area contributed by atoms with Gasteiger partial charge in [0.25, 0.3) is 15.7 Å². The number of nitro groups is 1. The first-order valence-electron chi connectivity index (χ1n) is 13.2. The van der Waals surface area contributed by atoms with Gasteiger partial charge >= 0.3 is 0 Å². The molecule has 0 saturated carbocycles. The molecule has 3 rings (SSSR count). The number of hydrogen-bond donors (Lipinski definition) is 1. The van der Waals surface area contributed by atoms with Crippen molar-refractivity contribution in [2.45, 2.75) is 51.2 Å². The monoisotopic (exact) mass is 684 g/mol. The fourth-order valence-electron chi connectivity index (χ4n) is 4.29. The molecule has 0 aliphatic rings. The Balaban J connectivity index is 2.20. The molecule has 44 heavy (non-hydrogen) atoms. The lowest BCUT2D eigenvalue weighted by atomic mass is 10.1. The van der Waals surface area contributed by atoms with Crippen LogP contribution in [0.1, 0.15) is 31.9 Å². The molecule has 0 aliphatic heterocycles. The number of nitro benzene ring substituents is 1. The number of methoxy groups -OCH3 is 1. The number of benzene rings is 3. The third-order valence-corrected chi connectivity index (χ3v) is 9.34. The first-order chi connectivity index (χ1) is 20.6. The predicted molar refractivity (Wildman–Crippen MR) is 170 cm³/mol. The number of aryl methyl sites for hydroxylation is 1. The Morgan fingerprint density at radius 3 is 2.23 bits per heavy atom. The molecule has 3 aromatic rings. The van der Waals surface area contributed by atoms with E-state index in [1.165, 1.54) is 51.3 Å². The molecule has 1 N–H and O–H groups in total. The summed E-state index contributed by atoms with van der Waals surface area (Å²) < 4.78 is 34.5. The van der Waals surface area contributed by atoms with Crippen molar-refractivity contribution >= 4 is 68.0 Å². The highest BCUT2D eigenvalue weighted by Crippen LogP contribution is 2.36. The highest BCUT2D eigenvalue weighted by Gasteiger charge is 2.35. The topological polar surface area (TPSA) is 139 Å². The summed E-state index contributed by atoms with van der Waals surface area (Å²) >= 11 is 19.0. The third-order valence-electron chi connectivity index (χ3n) is 6.64. The van der Waals surface area contributed by atoms with E-state index >= 15 is 0 Å². The lowest BCUT2D eigenvalue weighted by molar-refractivity contribution is -0.385. The van der Waals surface area contributed by atoms with Crippen LogP contribution in [0.3, 0.4) is 0 Å². The number of halogens is 3. The van der Waals surface area contributed by atoms with E-state index in [9.17, 15) is 28.1 Å². The van der Waals surface area contributed by atoms with E-state index in [4.69, 9.17) is 39.5 Å². The van der Waals surface area contributed by atoms with Crippen LogP contribution in [0.25, 0.3) is 0 Å². The minimum absolute atomic E-state index is 0.0543. The number of hydrogen-bond acceptors (Lipinski definition) is 7. The molecule has 236 valence electrons. The number of nitrogens with zero attached hydrogens (tertiary/aromatic N) is 3. The Hall–Kier alpha value is -3.58. The van der Waals surface area contributed by atoms with Gasteiger partial charge in [0.1, 0.15) is 18.3 Å². The molecule has 0 radical (unpaired) electrons. The normalized spacial score (nSPS) is 12.0. The van der Waals surface area contributed by atoms with Crippen molar-refractivity contribution in [3.05, 3.63) is 90.9 Å². The summed E-state index contributed by atoms with van der Waals surface area (Å²) in [6.07, 6.45) is 0. The van der Waals surface area contributed by atoms with E-state index in [-0.39, 0.29) is 44.7 Å². The van der Waals surface area contributed by atoms with Crippen LogP contribution in [0.2, 0.25) is 15.1 Å². The Bertz CT molecular complexity index is 1670. The number of rotatable bonds is 12. The molecule has 1 unspecified atom stereocenters. The van der Waals surface area contributed by atoms with Crippen LogP contribution in [-0.4, -0.2) is 55.8 Å². The lowest BCUT2D eigenvalue weighted by Gasteiger charge is -2.33. The minimum atomic E-state index is -4.67. The standard InChI is InChI=1S/C29H31Cl3N4O7S/c1-17(2)33-29(38)19(4)34(15-22-23(31)7-6-8-24(22)32)28(37)16-35(26-13-20(30)10-12-27(26)43-5)44(41,42)21-11-9-18(3)25(14-21)36(39)40/h6-14,17,19H,15-16H2,1-5H3,(H,33,38). The largest absolute Gasteiger partial charge is 0.495 e. The summed E-state index contributed by atoms with van der Waals surface area (Å²) in [6, 6.07) is 11.0. The fraction of sp³-hybridized carbons (Fsp3) is 0.310. The van der Waals surface area contributed by atoms with Gasteiger partial charge < -0.3 is 15.0 Å². The van der Waals surface area contributed by atoms with E-state index < -0.39 is 49.9 Å². The maximum Gasteiger partial charge on any atom is 0.273 e. The van der Waals surface area contributed by atoms with Gasteiger partial charge in [0, 0.05) is 44.8 Å². The molecule has 0 fully saturated rings. The number of carbonyl (C=O) groups excluding carboxylic acids is 2. The second kappa shape index (κ2) is 14.5. The van der Waals surface area contributed by atoms with Gasteiger partial charge in [-0.15, -0.1) is 0 Å². The lowest BCUT2D eigenvalue weighted by Crippen LogP contribution is -2.52. The van der Waals surface area contributed by atoms with Crippen molar-refractivity contribution in [2.24, 2.45) is 0 Å². The fourth-order valence-corrected chi connectivity index (χ4v) is 6.41. The summed E-state index contributed by atoms with van der Waals surface area (Å²) in [5, 5.41) is 15.0. The van der Waals surface area contributed by atoms with Gasteiger partial charge in [-0.3, -0.25) is 24.0 Å². The summed E-state index contributed by atoms with van der Waals surface area (Å²) in [7, 11) is -3.36. The maximum atomic E-state index is 14.2. The van der Waals surface area contributed by atoms with Crippen LogP contribution in [0, 0.1) is 17.0 Å². The number of anilines is 1. The summed E-state index contributed by atoms with van der Waals surface area (Å²) in [4.78, 5) is 38.9. The molecule has 0 spiro atoms. The average Bonchev–Trinajstić information content (AvgIpc) is 2.94. The molecule has 11 nitrogen and oxygen atoms in total. The molecule has 2 amide bonds. The van der Waals surface area contributed by atoms with Crippen LogP contribution >= 0.6 is 34.8 Å². The maximum absolute atomic E-state index is 14.2. The van der Waals surface area contributed by atoms with E-state index in [1.54, 1.807) is 32.0 Å². The Kier molecular flexibility index (Phi) is 11.5. The van der Waals surface area contributed by atoms with E-state index in [0.29, 0.717) is 5.56 Å². The summed E-state index contributed by atoms with van der Waals surface area (Å²) in [5.41, 5.74) is 0.0537. The molecule has 1 atom stereocenters. The molecular weight excluding hydrogens is 655 g/mol. The zero-order chi connectivity index (χ0) is 32.9. The van der Waals surface area contributed by atoms with Gasteiger partial charge in [-0.05, 0) is 64.1 Å². The molecule has 0 aromatic heterocycles. The van der Waals surface area contributed by atoms with Crippen molar-refractivity contribution in [3.63, 3.8) is 0 Å².